The minimum Gasteiger partial charge on any atom is -0.380 e. The van der Waals surface area contributed by atoms with Gasteiger partial charge in [0, 0.05) is 35.9 Å². The van der Waals surface area contributed by atoms with Gasteiger partial charge in [-0.3, -0.25) is 0 Å². The number of anilines is 2. The van der Waals surface area contributed by atoms with Crippen LogP contribution in [0.1, 0.15) is 17.7 Å². The molecule has 0 radical (unpaired) electrons. The molecule has 0 saturated carbocycles. The van der Waals surface area contributed by atoms with Gasteiger partial charge in [0.05, 0.1) is 3.79 Å². The van der Waals surface area contributed by atoms with Crippen molar-refractivity contribution in [1.82, 2.24) is 0 Å². The molecule has 1 aliphatic heterocycles. The van der Waals surface area contributed by atoms with Crippen LogP contribution >= 0.6 is 27.3 Å². The summed E-state index contributed by atoms with van der Waals surface area (Å²) in [5.41, 5.74) is 2.55. The van der Waals surface area contributed by atoms with Crippen LogP contribution in [0.5, 0.6) is 0 Å². The Morgan fingerprint density at radius 3 is 2.74 bits per heavy atom. The molecular weight excluding hydrogens is 320 g/mol. The van der Waals surface area contributed by atoms with Crippen molar-refractivity contribution in [2.24, 2.45) is 0 Å². The third-order valence-electron chi connectivity index (χ3n) is 3.41. The molecule has 1 saturated heterocycles. The lowest BCUT2D eigenvalue weighted by atomic mass is 10.2. The number of hydrogen-bond acceptors (Lipinski definition) is 3. The molecule has 1 aliphatic rings. The van der Waals surface area contributed by atoms with Crippen LogP contribution in [0.25, 0.3) is 0 Å². The van der Waals surface area contributed by atoms with Crippen LogP contribution in [-0.2, 0) is 6.54 Å². The van der Waals surface area contributed by atoms with E-state index in [4.69, 9.17) is 0 Å². The van der Waals surface area contributed by atoms with Crippen LogP contribution < -0.4 is 10.2 Å². The summed E-state index contributed by atoms with van der Waals surface area (Å²) in [5, 5.41) is 3.50. The summed E-state index contributed by atoms with van der Waals surface area (Å²) in [6.45, 7) is 3.28. The molecule has 0 spiro atoms. The second kappa shape index (κ2) is 5.97. The molecule has 2 heterocycles. The second-order valence-corrected chi connectivity index (χ2v) is 7.35. The fraction of sp³-hybridized carbons (Fsp3) is 0.333. The number of nitrogens with one attached hydrogen (secondary N) is 1. The molecule has 0 aliphatic carbocycles. The number of thiophene rings is 1. The van der Waals surface area contributed by atoms with Crippen molar-refractivity contribution < 1.29 is 0 Å². The van der Waals surface area contributed by atoms with Crippen LogP contribution in [-0.4, -0.2) is 13.1 Å². The predicted octanol–water partition coefficient (Wildman–Crippen LogP) is 4.72. The van der Waals surface area contributed by atoms with E-state index in [1.54, 1.807) is 11.3 Å². The van der Waals surface area contributed by atoms with E-state index in [9.17, 15) is 0 Å². The number of hydrogen-bond donors (Lipinski definition) is 1. The molecule has 4 heteroatoms. The predicted molar refractivity (Wildman–Crippen MR) is 87.2 cm³/mol. The molecule has 3 rings (SSSR count). The van der Waals surface area contributed by atoms with Gasteiger partial charge in [-0.05, 0) is 59.1 Å². The molecule has 100 valence electrons. The van der Waals surface area contributed by atoms with E-state index >= 15 is 0 Å². The minimum atomic E-state index is 0.889. The maximum atomic E-state index is 3.50. The molecule has 1 N–H and O–H groups in total. The van der Waals surface area contributed by atoms with Gasteiger partial charge in [-0.15, -0.1) is 11.3 Å². The number of rotatable bonds is 4. The third-order valence-corrected chi connectivity index (χ3v) is 5.04. The maximum Gasteiger partial charge on any atom is 0.0702 e. The molecule has 2 nitrogen and oxygen atoms in total. The largest absolute Gasteiger partial charge is 0.380 e. The summed E-state index contributed by atoms with van der Waals surface area (Å²) < 4.78 is 1.19. The van der Waals surface area contributed by atoms with E-state index in [0.29, 0.717) is 0 Å². The Morgan fingerprint density at radius 2 is 2.00 bits per heavy atom. The topological polar surface area (TPSA) is 15.3 Å². The Morgan fingerprint density at radius 1 is 1.16 bits per heavy atom. The van der Waals surface area contributed by atoms with E-state index in [1.165, 1.54) is 46.0 Å². The lowest BCUT2D eigenvalue weighted by molar-refractivity contribution is 0.949. The Bertz CT molecular complexity index is 547. The smallest absolute Gasteiger partial charge is 0.0702 e. The van der Waals surface area contributed by atoms with Crippen LogP contribution in [0.4, 0.5) is 11.4 Å². The summed E-state index contributed by atoms with van der Waals surface area (Å²) in [7, 11) is 0. The summed E-state index contributed by atoms with van der Waals surface area (Å²) in [5.74, 6) is 0. The van der Waals surface area contributed by atoms with Crippen molar-refractivity contribution >= 4 is 38.6 Å². The molecule has 0 amide bonds. The van der Waals surface area contributed by atoms with Crippen molar-refractivity contribution in [3.63, 3.8) is 0 Å². The van der Waals surface area contributed by atoms with E-state index in [0.717, 1.165) is 6.54 Å². The van der Waals surface area contributed by atoms with Crippen molar-refractivity contribution in [3.8, 4) is 0 Å². The zero-order valence-electron chi connectivity index (χ0n) is 10.7. The average molecular weight is 337 g/mol. The molecule has 2 aromatic rings. The summed E-state index contributed by atoms with van der Waals surface area (Å²) >= 11 is 5.28. The molecular formula is C15H17BrN2S. The standard InChI is InChI=1S/C15H17BrN2S/c16-15-7-6-14(19-15)11-17-12-4-3-5-13(10-12)18-8-1-2-9-18/h3-7,10,17H,1-2,8-9,11H2. The Hall–Kier alpha value is -1.00. The normalized spacial score (nSPS) is 14.9. The highest BCUT2D eigenvalue weighted by molar-refractivity contribution is 9.11. The third kappa shape index (κ3) is 3.31. The Balaban J connectivity index is 1.65. The van der Waals surface area contributed by atoms with Gasteiger partial charge in [0.15, 0.2) is 0 Å². The van der Waals surface area contributed by atoms with Gasteiger partial charge >= 0.3 is 0 Å². The van der Waals surface area contributed by atoms with Gasteiger partial charge in [-0.1, -0.05) is 6.07 Å². The highest BCUT2D eigenvalue weighted by Gasteiger charge is 2.12. The first-order chi connectivity index (χ1) is 9.31. The van der Waals surface area contributed by atoms with Gasteiger partial charge < -0.3 is 10.2 Å². The maximum absolute atomic E-state index is 3.50. The van der Waals surface area contributed by atoms with E-state index in [-0.39, 0.29) is 0 Å². The summed E-state index contributed by atoms with van der Waals surface area (Å²) in [6.07, 6.45) is 2.64. The van der Waals surface area contributed by atoms with Gasteiger partial charge in [0.1, 0.15) is 0 Å². The van der Waals surface area contributed by atoms with Crippen LogP contribution in [0, 0.1) is 0 Å². The first-order valence-electron chi connectivity index (χ1n) is 6.64. The number of nitrogens with zero attached hydrogens (tertiary/aromatic N) is 1. The molecule has 1 aromatic heterocycles. The lowest BCUT2D eigenvalue weighted by Crippen LogP contribution is -2.17. The van der Waals surface area contributed by atoms with Crippen LogP contribution in [0.2, 0.25) is 0 Å². The van der Waals surface area contributed by atoms with Crippen molar-refractivity contribution in [2.45, 2.75) is 19.4 Å². The monoisotopic (exact) mass is 336 g/mol. The molecule has 0 bridgehead atoms. The number of halogens is 1. The van der Waals surface area contributed by atoms with E-state index in [1.807, 2.05) is 0 Å². The first-order valence-corrected chi connectivity index (χ1v) is 8.25. The zero-order chi connectivity index (χ0) is 13.1. The van der Waals surface area contributed by atoms with Crippen LogP contribution in [0.15, 0.2) is 40.2 Å². The highest BCUT2D eigenvalue weighted by atomic mass is 79.9. The number of benzene rings is 1. The quantitative estimate of drug-likeness (QED) is 0.868. The lowest BCUT2D eigenvalue weighted by Gasteiger charge is -2.18. The first kappa shape index (κ1) is 13.0. The molecule has 0 atom stereocenters. The van der Waals surface area contributed by atoms with Crippen molar-refractivity contribution in [1.29, 1.82) is 0 Å². The average Bonchev–Trinajstić information content (AvgIpc) is 3.08. The molecule has 19 heavy (non-hydrogen) atoms. The summed E-state index contributed by atoms with van der Waals surface area (Å²) in [4.78, 5) is 3.81. The fourth-order valence-electron chi connectivity index (χ4n) is 2.42. The Labute approximate surface area is 126 Å². The zero-order valence-corrected chi connectivity index (χ0v) is 13.1. The SMILES string of the molecule is Brc1ccc(CNc2cccc(N3CCCC3)c2)s1. The molecule has 1 fully saturated rings. The Kier molecular flexibility index (Phi) is 4.09. The highest BCUT2D eigenvalue weighted by Crippen LogP contribution is 2.25. The van der Waals surface area contributed by atoms with E-state index in [2.05, 4.69) is 62.5 Å². The van der Waals surface area contributed by atoms with Crippen molar-refractivity contribution in [3.05, 3.63) is 45.1 Å². The fourth-order valence-corrected chi connectivity index (χ4v) is 3.85. The second-order valence-electron chi connectivity index (χ2n) is 4.80. The minimum absolute atomic E-state index is 0.889. The van der Waals surface area contributed by atoms with Crippen LogP contribution in [0.3, 0.4) is 0 Å². The van der Waals surface area contributed by atoms with Gasteiger partial charge in [-0.2, -0.15) is 0 Å². The summed E-state index contributed by atoms with van der Waals surface area (Å²) in [6, 6.07) is 13.0. The molecule has 0 unspecified atom stereocenters. The van der Waals surface area contributed by atoms with Gasteiger partial charge in [0.2, 0.25) is 0 Å². The van der Waals surface area contributed by atoms with Gasteiger partial charge in [-0.25, -0.2) is 0 Å². The van der Waals surface area contributed by atoms with Gasteiger partial charge in [0.25, 0.3) is 0 Å². The van der Waals surface area contributed by atoms with E-state index < -0.39 is 0 Å². The molecule has 1 aromatic carbocycles. The van der Waals surface area contributed by atoms with Crippen molar-refractivity contribution in [2.75, 3.05) is 23.3 Å².